The molecule has 4 heteroatoms. The Morgan fingerprint density at radius 3 is 3.21 bits per heavy atom. The van der Waals surface area contributed by atoms with Gasteiger partial charge in [-0.15, -0.1) is 11.3 Å². The predicted octanol–water partition coefficient (Wildman–Crippen LogP) is 3.61. The average Bonchev–Trinajstić information content (AvgIpc) is 3.08. The highest BCUT2D eigenvalue weighted by Crippen LogP contribution is 2.38. The molecule has 3 heterocycles. The molecule has 1 saturated heterocycles. The van der Waals surface area contributed by atoms with Gasteiger partial charge in [-0.2, -0.15) is 11.8 Å². The van der Waals surface area contributed by atoms with E-state index in [-0.39, 0.29) is 0 Å². The molecule has 1 N–H and O–H groups in total. The van der Waals surface area contributed by atoms with Gasteiger partial charge in [-0.05, 0) is 43.2 Å². The van der Waals surface area contributed by atoms with Crippen molar-refractivity contribution < 1.29 is 4.74 Å². The van der Waals surface area contributed by atoms with E-state index in [1.54, 1.807) is 15.3 Å². The van der Waals surface area contributed by atoms with E-state index in [1.807, 2.05) is 11.3 Å². The van der Waals surface area contributed by atoms with Crippen LogP contribution in [0.5, 0.6) is 0 Å². The Balaban J connectivity index is 1.79. The predicted molar refractivity (Wildman–Crippen MR) is 84.1 cm³/mol. The topological polar surface area (TPSA) is 21.3 Å². The van der Waals surface area contributed by atoms with Crippen molar-refractivity contribution in [1.29, 1.82) is 0 Å². The zero-order valence-electron chi connectivity index (χ0n) is 11.6. The van der Waals surface area contributed by atoms with E-state index in [9.17, 15) is 0 Å². The quantitative estimate of drug-likeness (QED) is 0.897. The minimum absolute atomic E-state index is 0.517. The Morgan fingerprint density at radius 1 is 1.53 bits per heavy atom. The van der Waals surface area contributed by atoms with E-state index in [4.69, 9.17) is 4.74 Å². The van der Waals surface area contributed by atoms with E-state index in [0.29, 0.717) is 12.0 Å². The number of aryl methyl sites for hydroxylation is 1. The summed E-state index contributed by atoms with van der Waals surface area (Å²) in [6.45, 7) is 5.22. The minimum Gasteiger partial charge on any atom is -0.381 e. The van der Waals surface area contributed by atoms with E-state index in [2.05, 4.69) is 30.1 Å². The van der Waals surface area contributed by atoms with Crippen molar-refractivity contribution in [1.82, 2.24) is 5.32 Å². The Bertz CT molecular complexity index is 389. The highest BCUT2D eigenvalue weighted by atomic mass is 32.2. The summed E-state index contributed by atoms with van der Waals surface area (Å²) < 4.78 is 5.60. The first kappa shape index (κ1) is 13.9. The molecule has 2 aliphatic rings. The molecule has 0 saturated carbocycles. The minimum atomic E-state index is 0.517. The second kappa shape index (κ2) is 6.61. The molecule has 2 unspecified atom stereocenters. The highest BCUT2D eigenvalue weighted by Gasteiger charge is 2.29. The Morgan fingerprint density at radius 2 is 2.47 bits per heavy atom. The van der Waals surface area contributed by atoms with Gasteiger partial charge in [-0.1, -0.05) is 6.92 Å². The maximum Gasteiger partial charge on any atom is 0.0513 e. The summed E-state index contributed by atoms with van der Waals surface area (Å²) in [6.07, 6.45) is 3.68. The maximum atomic E-state index is 5.60. The first-order valence-corrected chi connectivity index (χ1v) is 9.36. The normalized spacial score (nSPS) is 24.4. The molecule has 106 valence electrons. The fraction of sp³-hybridized carbons (Fsp3) is 0.733. The van der Waals surface area contributed by atoms with Gasteiger partial charge in [0.25, 0.3) is 0 Å². The standard InChI is InChI=1S/C15H23NOS2/c1-2-5-16-15(11-3-6-17-9-11)14-8-12-10-18-7-4-13(12)19-14/h8,11,15-16H,2-7,9-10H2,1H3. The maximum absolute atomic E-state index is 5.60. The van der Waals surface area contributed by atoms with Crippen LogP contribution in [0, 0.1) is 5.92 Å². The molecule has 1 fully saturated rings. The van der Waals surface area contributed by atoms with Crippen LogP contribution in [0.25, 0.3) is 0 Å². The molecule has 3 rings (SSSR count). The lowest BCUT2D eigenvalue weighted by molar-refractivity contribution is 0.177. The highest BCUT2D eigenvalue weighted by molar-refractivity contribution is 7.98. The smallest absolute Gasteiger partial charge is 0.0513 e. The number of rotatable bonds is 5. The fourth-order valence-corrected chi connectivity index (χ4v) is 5.48. The molecule has 19 heavy (non-hydrogen) atoms. The molecule has 2 atom stereocenters. The van der Waals surface area contributed by atoms with Crippen molar-refractivity contribution in [3.05, 3.63) is 21.4 Å². The molecular weight excluding hydrogens is 274 g/mol. The lowest BCUT2D eigenvalue weighted by Crippen LogP contribution is -2.28. The molecule has 0 spiro atoms. The number of thiophene rings is 1. The number of ether oxygens (including phenoxy) is 1. The van der Waals surface area contributed by atoms with E-state index >= 15 is 0 Å². The number of thioether (sulfide) groups is 1. The zero-order chi connectivity index (χ0) is 13.1. The van der Waals surface area contributed by atoms with Gasteiger partial charge in [0.2, 0.25) is 0 Å². The fourth-order valence-electron chi connectivity index (χ4n) is 2.94. The molecule has 2 nitrogen and oxygen atoms in total. The summed E-state index contributed by atoms with van der Waals surface area (Å²) in [4.78, 5) is 3.19. The summed E-state index contributed by atoms with van der Waals surface area (Å²) >= 11 is 4.12. The first-order chi connectivity index (χ1) is 9.38. The van der Waals surface area contributed by atoms with Crippen molar-refractivity contribution in [2.75, 3.05) is 25.5 Å². The number of hydrogen-bond donors (Lipinski definition) is 1. The third kappa shape index (κ3) is 3.18. The molecule has 0 aliphatic carbocycles. The van der Waals surface area contributed by atoms with Crippen LogP contribution >= 0.6 is 23.1 Å². The molecule has 0 amide bonds. The first-order valence-electron chi connectivity index (χ1n) is 7.39. The number of nitrogens with one attached hydrogen (secondary N) is 1. The third-order valence-corrected chi connectivity index (χ3v) is 6.33. The lowest BCUT2D eigenvalue weighted by atomic mass is 9.97. The monoisotopic (exact) mass is 297 g/mol. The van der Waals surface area contributed by atoms with Crippen LogP contribution in [0.15, 0.2) is 6.07 Å². The van der Waals surface area contributed by atoms with Crippen molar-refractivity contribution in [3.63, 3.8) is 0 Å². The van der Waals surface area contributed by atoms with Crippen LogP contribution in [-0.4, -0.2) is 25.5 Å². The van der Waals surface area contributed by atoms with Crippen LogP contribution < -0.4 is 5.32 Å². The molecule has 2 aliphatic heterocycles. The average molecular weight is 297 g/mol. The third-order valence-electron chi connectivity index (χ3n) is 4.00. The number of fused-ring (bicyclic) bond motifs is 1. The Labute approximate surface area is 124 Å². The summed E-state index contributed by atoms with van der Waals surface area (Å²) in [7, 11) is 0. The van der Waals surface area contributed by atoms with Crippen molar-refractivity contribution in [2.45, 2.75) is 38.0 Å². The molecular formula is C15H23NOS2. The van der Waals surface area contributed by atoms with Gasteiger partial charge >= 0.3 is 0 Å². The van der Waals surface area contributed by atoms with E-state index in [1.165, 1.54) is 30.8 Å². The van der Waals surface area contributed by atoms with Gasteiger partial charge < -0.3 is 10.1 Å². The van der Waals surface area contributed by atoms with Crippen LogP contribution in [-0.2, 0) is 16.9 Å². The van der Waals surface area contributed by atoms with Crippen LogP contribution in [0.4, 0.5) is 0 Å². The van der Waals surface area contributed by atoms with Gasteiger partial charge in [0.05, 0.1) is 6.61 Å². The van der Waals surface area contributed by atoms with Crippen LogP contribution in [0.2, 0.25) is 0 Å². The van der Waals surface area contributed by atoms with Gasteiger partial charge in [0, 0.05) is 34.1 Å². The Kier molecular flexibility index (Phi) is 4.85. The zero-order valence-corrected chi connectivity index (χ0v) is 13.2. The van der Waals surface area contributed by atoms with E-state index < -0.39 is 0 Å². The van der Waals surface area contributed by atoms with Crippen LogP contribution in [0.3, 0.4) is 0 Å². The summed E-state index contributed by atoms with van der Waals surface area (Å²) in [5.41, 5.74) is 1.60. The van der Waals surface area contributed by atoms with Crippen molar-refractivity contribution >= 4 is 23.1 Å². The van der Waals surface area contributed by atoms with Crippen molar-refractivity contribution in [2.24, 2.45) is 5.92 Å². The summed E-state index contributed by atoms with van der Waals surface area (Å²) in [6, 6.07) is 2.99. The molecule has 0 radical (unpaired) electrons. The molecule has 0 aromatic carbocycles. The molecule has 0 bridgehead atoms. The van der Waals surface area contributed by atoms with Crippen LogP contribution in [0.1, 0.15) is 41.1 Å². The van der Waals surface area contributed by atoms with Gasteiger partial charge in [-0.3, -0.25) is 0 Å². The van der Waals surface area contributed by atoms with Crippen molar-refractivity contribution in [3.8, 4) is 0 Å². The van der Waals surface area contributed by atoms with Gasteiger partial charge in [0.1, 0.15) is 0 Å². The second-order valence-corrected chi connectivity index (χ2v) is 7.73. The van der Waals surface area contributed by atoms with Gasteiger partial charge in [0.15, 0.2) is 0 Å². The summed E-state index contributed by atoms with van der Waals surface area (Å²) in [5.74, 6) is 3.18. The molecule has 1 aromatic rings. The largest absolute Gasteiger partial charge is 0.381 e. The number of hydrogen-bond acceptors (Lipinski definition) is 4. The summed E-state index contributed by atoms with van der Waals surface area (Å²) in [5, 5.41) is 3.76. The molecule has 1 aromatic heterocycles. The lowest BCUT2D eigenvalue weighted by Gasteiger charge is -2.22. The second-order valence-electron chi connectivity index (χ2n) is 5.46. The van der Waals surface area contributed by atoms with E-state index in [0.717, 1.165) is 19.8 Å². The SMILES string of the molecule is CCCNC(c1cc2c(s1)CCSC2)C1CCOC1. The van der Waals surface area contributed by atoms with Gasteiger partial charge in [-0.25, -0.2) is 0 Å². The Hall–Kier alpha value is -0.0300.